The zero-order valence-corrected chi connectivity index (χ0v) is 13.0. The van der Waals surface area contributed by atoms with Crippen LogP contribution in [0, 0.1) is 0 Å². The zero-order valence-electron chi connectivity index (χ0n) is 10.7. The Hall–Kier alpha value is -1.35. The van der Waals surface area contributed by atoms with Gasteiger partial charge in [0.2, 0.25) is 0 Å². The molecule has 100 valence electrons. The van der Waals surface area contributed by atoms with Crippen LogP contribution < -0.4 is 5.73 Å². The fraction of sp³-hybridized carbons (Fsp3) is 0.0588. The summed E-state index contributed by atoms with van der Waals surface area (Å²) in [6.07, 6.45) is 0. The smallest absolute Gasteiger partial charge is 0.0599 e. The molecule has 0 heterocycles. The molecule has 1 nitrogen and oxygen atoms in total. The topological polar surface area (TPSA) is 26.0 Å². The van der Waals surface area contributed by atoms with Gasteiger partial charge in [-0.15, -0.1) is 0 Å². The molecule has 1 atom stereocenters. The first-order valence-electron chi connectivity index (χ1n) is 6.35. The molecule has 2 N–H and O–H groups in total. The van der Waals surface area contributed by atoms with E-state index in [2.05, 4.69) is 40.2 Å². The van der Waals surface area contributed by atoms with Gasteiger partial charge < -0.3 is 5.73 Å². The highest BCUT2D eigenvalue weighted by Crippen LogP contribution is 2.34. The molecule has 0 spiro atoms. The summed E-state index contributed by atoms with van der Waals surface area (Å²) in [5.74, 6) is 0. The van der Waals surface area contributed by atoms with E-state index in [1.807, 2.05) is 36.4 Å². The van der Waals surface area contributed by atoms with Gasteiger partial charge >= 0.3 is 0 Å². The summed E-state index contributed by atoms with van der Waals surface area (Å²) in [5, 5.41) is 3.03. The Labute approximate surface area is 131 Å². The largest absolute Gasteiger partial charge is 0.320 e. The molecule has 0 aliphatic heterocycles. The molecule has 1 unspecified atom stereocenters. The molecule has 0 aliphatic carbocycles. The van der Waals surface area contributed by atoms with Crippen molar-refractivity contribution in [2.45, 2.75) is 6.04 Å². The van der Waals surface area contributed by atoms with Gasteiger partial charge in [0.1, 0.15) is 0 Å². The van der Waals surface area contributed by atoms with Crippen molar-refractivity contribution in [3.8, 4) is 0 Å². The first kappa shape index (κ1) is 13.6. The predicted octanol–water partition coefficient (Wildman–Crippen LogP) is 5.30. The molecule has 3 rings (SSSR count). The van der Waals surface area contributed by atoms with E-state index < -0.39 is 0 Å². The summed E-state index contributed by atoms with van der Waals surface area (Å²) in [6.45, 7) is 0. The van der Waals surface area contributed by atoms with Crippen molar-refractivity contribution >= 4 is 38.3 Å². The molecule has 0 radical (unpaired) electrons. The monoisotopic (exact) mass is 345 g/mol. The fourth-order valence-corrected chi connectivity index (χ4v) is 3.07. The van der Waals surface area contributed by atoms with Crippen molar-refractivity contribution in [2.75, 3.05) is 0 Å². The summed E-state index contributed by atoms with van der Waals surface area (Å²) < 4.78 is 0.868. The molecule has 0 saturated heterocycles. The van der Waals surface area contributed by atoms with Crippen LogP contribution >= 0.6 is 27.5 Å². The Bertz CT molecular complexity index is 765. The minimum absolute atomic E-state index is 0.244. The first-order chi connectivity index (χ1) is 9.68. The summed E-state index contributed by atoms with van der Waals surface area (Å²) in [7, 11) is 0. The number of hydrogen-bond donors (Lipinski definition) is 1. The average Bonchev–Trinajstić information content (AvgIpc) is 2.49. The van der Waals surface area contributed by atoms with Crippen molar-refractivity contribution in [1.29, 1.82) is 0 Å². The van der Waals surface area contributed by atoms with Gasteiger partial charge in [0.05, 0.1) is 11.1 Å². The van der Waals surface area contributed by atoms with Crippen LogP contribution in [0.15, 0.2) is 65.1 Å². The molecule has 0 aliphatic rings. The van der Waals surface area contributed by atoms with Crippen molar-refractivity contribution in [3.63, 3.8) is 0 Å². The van der Waals surface area contributed by atoms with Gasteiger partial charge in [-0.05, 0) is 43.9 Å². The third-order valence-electron chi connectivity index (χ3n) is 3.47. The fourth-order valence-electron chi connectivity index (χ4n) is 2.45. The van der Waals surface area contributed by atoms with Crippen LogP contribution in [0.3, 0.4) is 0 Å². The standard InChI is InChI=1S/C17H13BrClN/c18-15-10-4-9-14(16(15)19)17(20)13-8-3-6-11-5-1-2-7-12(11)13/h1-10,17H,20H2. The Kier molecular flexibility index (Phi) is 3.79. The Balaban J connectivity index is 2.18. The van der Waals surface area contributed by atoms with Crippen LogP contribution in [-0.2, 0) is 0 Å². The van der Waals surface area contributed by atoms with Crippen LogP contribution in [-0.4, -0.2) is 0 Å². The second-order valence-electron chi connectivity index (χ2n) is 4.69. The lowest BCUT2D eigenvalue weighted by Gasteiger charge is -2.17. The minimum Gasteiger partial charge on any atom is -0.320 e. The van der Waals surface area contributed by atoms with Crippen molar-refractivity contribution in [2.24, 2.45) is 5.73 Å². The van der Waals surface area contributed by atoms with E-state index in [0.29, 0.717) is 5.02 Å². The van der Waals surface area contributed by atoms with E-state index in [0.717, 1.165) is 15.6 Å². The summed E-state index contributed by atoms with van der Waals surface area (Å²) in [6, 6.07) is 20.0. The van der Waals surface area contributed by atoms with E-state index in [9.17, 15) is 0 Å². The lowest BCUT2D eigenvalue weighted by Crippen LogP contribution is -2.13. The Morgan fingerprint density at radius 2 is 1.50 bits per heavy atom. The lowest BCUT2D eigenvalue weighted by atomic mass is 9.94. The number of halogens is 2. The van der Waals surface area contributed by atoms with Crippen LogP contribution in [0.1, 0.15) is 17.2 Å². The van der Waals surface area contributed by atoms with E-state index in [1.165, 1.54) is 10.8 Å². The second-order valence-corrected chi connectivity index (χ2v) is 5.92. The average molecular weight is 347 g/mol. The van der Waals surface area contributed by atoms with Gasteiger partial charge in [0, 0.05) is 4.47 Å². The minimum atomic E-state index is -0.244. The van der Waals surface area contributed by atoms with Gasteiger partial charge in [0.25, 0.3) is 0 Å². The second kappa shape index (κ2) is 5.57. The normalized spacial score (nSPS) is 12.6. The highest BCUT2D eigenvalue weighted by atomic mass is 79.9. The van der Waals surface area contributed by atoms with Crippen molar-refractivity contribution in [1.82, 2.24) is 0 Å². The molecule has 0 aromatic heterocycles. The summed E-state index contributed by atoms with van der Waals surface area (Å²) >= 11 is 9.81. The van der Waals surface area contributed by atoms with Crippen molar-refractivity contribution in [3.05, 3.63) is 81.3 Å². The maximum Gasteiger partial charge on any atom is 0.0599 e. The number of nitrogens with two attached hydrogens (primary N) is 1. The van der Waals surface area contributed by atoms with Gasteiger partial charge in [-0.1, -0.05) is 66.2 Å². The highest BCUT2D eigenvalue weighted by Gasteiger charge is 2.16. The van der Waals surface area contributed by atoms with Gasteiger partial charge in [-0.3, -0.25) is 0 Å². The summed E-state index contributed by atoms with van der Waals surface area (Å²) in [4.78, 5) is 0. The molecule has 0 fully saturated rings. The Morgan fingerprint density at radius 3 is 2.35 bits per heavy atom. The van der Waals surface area contributed by atoms with Crippen molar-refractivity contribution < 1.29 is 0 Å². The maximum absolute atomic E-state index is 6.45. The van der Waals surface area contributed by atoms with E-state index in [1.54, 1.807) is 0 Å². The molecular weight excluding hydrogens is 334 g/mol. The number of hydrogen-bond acceptors (Lipinski definition) is 1. The predicted molar refractivity (Wildman–Crippen MR) is 89.1 cm³/mol. The molecule has 20 heavy (non-hydrogen) atoms. The van der Waals surface area contributed by atoms with Gasteiger partial charge in [0.15, 0.2) is 0 Å². The third kappa shape index (κ3) is 2.35. The highest BCUT2D eigenvalue weighted by molar-refractivity contribution is 9.10. The van der Waals surface area contributed by atoms with Crippen LogP contribution in [0.2, 0.25) is 5.02 Å². The molecule has 3 aromatic carbocycles. The van der Waals surface area contributed by atoms with E-state index >= 15 is 0 Å². The SMILES string of the molecule is NC(c1cccc(Br)c1Cl)c1cccc2ccccc12. The molecular formula is C17H13BrClN. The number of rotatable bonds is 2. The molecule has 3 aromatic rings. The maximum atomic E-state index is 6.45. The third-order valence-corrected chi connectivity index (χ3v) is 4.79. The first-order valence-corrected chi connectivity index (χ1v) is 7.52. The Morgan fingerprint density at radius 1 is 0.850 bits per heavy atom. The molecule has 3 heteroatoms. The van der Waals surface area contributed by atoms with Crippen LogP contribution in [0.5, 0.6) is 0 Å². The van der Waals surface area contributed by atoms with Crippen LogP contribution in [0.4, 0.5) is 0 Å². The van der Waals surface area contributed by atoms with Crippen LogP contribution in [0.25, 0.3) is 10.8 Å². The summed E-state index contributed by atoms with van der Waals surface area (Å²) in [5.41, 5.74) is 8.46. The number of fused-ring (bicyclic) bond motifs is 1. The molecule has 0 bridgehead atoms. The molecule has 0 saturated carbocycles. The van der Waals surface area contributed by atoms with E-state index in [4.69, 9.17) is 17.3 Å². The number of benzene rings is 3. The van der Waals surface area contributed by atoms with Gasteiger partial charge in [-0.2, -0.15) is 0 Å². The van der Waals surface area contributed by atoms with Gasteiger partial charge in [-0.25, -0.2) is 0 Å². The quantitative estimate of drug-likeness (QED) is 0.669. The zero-order chi connectivity index (χ0) is 14.1. The lowest BCUT2D eigenvalue weighted by molar-refractivity contribution is 0.880. The van der Waals surface area contributed by atoms with E-state index in [-0.39, 0.29) is 6.04 Å². The molecule has 0 amide bonds.